The summed E-state index contributed by atoms with van der Waals surface area (Å²) in [6.07, 6.45) is 0.396. The van der Waals surface area contributed by atoms with Gasteiger partial charge in [0.2, 0.25) is 0 Å². The number of hydrogen-bond acceptors (Lipinski definition) is 14. The van der Waals surface area contributed by atoms with E-state index in [4.69, 9.17) is 28.4 Å². The molecule has 0 bridgehead atoms. The zero-order chi connectivity index (χ0) is 33.3. The summed E-state index contributed by atoms with van der Waals surface area (Å²) in [4.78, 5) is 70.0. The molecule has 2 amide bonds. The summed E-state index contributed by atoms with van der Waals surface area (Å²) in [5.74, 6) is -0.190. The topological polar surface area (TPSA) is 182 Å². The third kappa shape index (κ3) is 21.7. The molecule has 2 atom stereocenters. The number of alkyl carbamates (subject to hydrolysis) is 2. The average molecular weight is 661 g/mol. The van der Waals surface area contributed by atoms with E-state index in [2.05, 4.69) is 36.9 Å². The van der Waals surface area contributed by atoms with E-state index >= 15 is 0 Å². The Kier molecular flexibility index (Phi) is 22.3. The number of thioether (sulfide) groups is 2. The fraction of sp³-hybridized carbons (Fsp3) is 0.500. The Bertz CT molecular complexity index is 954. The van der Waals surface area contributed by atoms with Crippen molar-refractivity contribution in [1.82, 2.24) is 10.6 Å². The monoisotopic (exact) mass is 660 g/mol. The van der Waals surface area contributed by atoms with Gasteiger partial charge in [-0.1, -0.05) is 26.3 Å². The van der Waals surface area contributed by atoms with Gasteiger partial charge in [-0.05, 0) is 13.8 Å². The van der Waals surface area contributed by atoms with Crippen molar-refractivity contribution in [2.75, 3.05) is 62.7 Å². The smallest absolute Gasteiger partial charge is 0.407 e. The summed E-state index contributed by atoms with van der Waals surface area (Å²) in [6, 6.07) is -1.66. The Morgan fingerprint density at radius 2 is 0.932 bits per heavy atom. The van der Waals surface area contributed by atoms with Crippen molar-refractivity contribution in [3.8, 4) is 0 Å². The van der Waals surface area contributed by atoms with Gasteiger partial charge in [-0.25, -0.2) is 28.8 Å². The normalized spacial score (nSPS) is 11.4. The van der Waals surface area contributed by atoms with Crippen LogP contribution in [0.15, 0.2) is 49.6 Å². The van der Waals surface area contributed by atoms with Crippen LogP contribution in [0.25, 0.3) is 0 Å². The fourth-order valence-corrected chi connectivity index (χ4v) is 4.22. The Morgan fingerprint density at radius 3 is 1.25 bits per heavy atom. The van der Waals surface area contributed by atoms with Crippen molar-refractivity contribution in [3.05, 3.63) is 49.6 Å². The SMILES string of the molecule is C=CC(=O)OCC(COC(=O)C(=C)C)NC(=O)OCCSCCSCCOC(=O)NC(COC(=O)C=C)COC(=O)C(=C)C. The van der Waals surface area contributed by atoms with E-state index in [0.717, 1.165) is 23.7 Å². The van der Waals surface area contributed by atoms with Gasteiger partial charge >= 0.3 is 36.1 Å². The first-order valence-electron chi connectivity index (χ1n) is 13.1. The second kappa shape index (κ2) is 24.5. The van der Waals surface area contributed by atoms with E-state index in [0.29, 0.717) is 11.5 Å². The minimum absolute atomic E-state index is 0.111. The zero-order valence-electron chi connectivity index (χ0n) is 24.9. The number of nitrogens with one attached hydrogen (secondary N) is 2. The van der Waals surface area contributed by atoms with E-state index < -0.39 is 48.1 Å². The highest BCUT2D eigenvalue weighted by Gasteiger charge is 2.19. The number of hydrogen-bond donors (Lipinski definition) is 2. The summed E-state index contributed by atoms with van der Waals surface area (Å²) in [7, 11) is 0. The predicted octanol–water partition coefficient (Wildman–Crippen LogP) is 2.34. The number of carbonyl (C=O) groups excluding carboxylic acids is 6. The maximum absolute atomic E-state index is 12.1. The molecule has 0 rings (SSSR count). The number of esters is 4. The van der Waals surface area contributed by atoms with Crippen LogP contribution in [0.5, 0.6) is 0 Å². The number of ether oxygens (including phenoxy) is 6. The maximum atomic E-state index is 12.1. The quantitative estimate of drug-likeness (QED) is 0.0705. The molecular weight excluding hydrogens is 620 g/mol. The van der Waals surface area contributed by atoms with E-state index in [1.54, 1.807) is 0 Å². The summed E-state index contributed by atoms with van der Waals surface area (Å²) < 4.78 is 30.1. The largest absolute Gasteiger partial charge is 0.460 e. The first kappa shape index (κ1) is 40.1. The molecule has 14 nitrogen and oxygen atoms in total. The van der Waals surface area contributed by atoms with Gasteiger partial charge in [0.15, 0.2) is 0 Å². The van der Waals surface area contributed by atoms with Gasteiger partial charge in [0.05, 0.1) is 0 Å². The van der Waals surface area contributed by atoms with Gasteiger partial charge in [0, 0.05) is 46.3 Å². The predicted molar refractivity (Wildman–Crippen MR) is 165 cm³/mol. The van der Waals surface area contributed by atoms with Crippen molar-refractivity contribution >= 4 is 59.6 Å². The van der Waals surface area contributed by atoms with Crippen LogP contribution in [0.4, 0.5) is 9.59 Å². The van der Waals surface area contributed by atoms with Gasteiger partial charge in [0.1, 0.15) is 51.7 Å². The molecule has 0 heterocycles. The van der Waals surface area contributed by atoms with Crippen molar-refractivity contribution in [1.29, 1.82) is 0 Å². The molecule has 0 saturated heterocycles. The molecule has 0 aliphatic carbocycles. The van der Waals surface area contributed by atoms with Gasteiger partial charge in [-0.15, -0.1) is 0 Å². The average Bonchev–Trinajstić information content (AvgIpc) is 2.99. The summed E-state index contributed by atoms with van der Waals surface area (Å²) in [5, 5.41) is 4.95. The molecule has 246 valence electrons. The highest BCUT2D eigenvalue weighted by molar-refractivity contribution is 8.02. The van der Waals surface area contributed by atoms with Gasteiger partial charge in [-0.3, -0.25) is 0 Å². The number of amides is 2. The highest BCUT2D eigenvalue weighted by Crippen LogP contribution is 2.07. The molecule has 2 unspecified atom stereocenters. The van der Waals surface area contributed by atoms with Crippen LogP contribution in [0.3, 0.4) is 0 Å². The Labute approximate surface area is 265 Å². The van der Waals surface area contributed by atoms with Crippen LogP contribution >= 0.6 is 23.5 Å². The number of rotatable bonds is 23. The lowest BCUT2D eigenvalue weighted by Crippen LogP contribution is -2.43. The molecular formula is C28H40N2O12S2. The Balaban J connectivity index is 4.19. The molecule has 0 aromatic rings. The molecule has 16 heteroatoms. The minimum Gasteiger partial charge on any atom is -0.460 e. The molecule has 0 saturated carbocycles. The summed E-state index contributed by atoms with van der Waals surface area (Å²) in [5.41, 5.74) is 0.356. The molecule has 2 N–H and O–H groups in total. The molecule has 44 heavy (non-hydrogen) atoms. The van der Waals surface area contributed by atoms with Crippen LogP contribution in [0, 0.1) is 0 Å². The standard InChI is InChI=1S/C28H40N2O12S2/c1-7-23(31)39-15-21(17-41-25(33)19(3)4)29-27(35)37-9-11-43-13-14-44-12-10-38-28(36)30-22(16-40-24(32)8-2)18-42-26(34)20(5)6/h7-8,21-22H,1-3,5,9-18H2,4,6H3,(H,29,35)(H,30,36). The van der Waals surface area contributed by atoms with Crippen LogP contribution < -0.4 is 10.6 Å². The lowest BCUT2D eigenvalue weighted by atomic mass is 10.3. The van der Waals surface area contributed by atoms with Crippen LogP contribution in [0.1, 0.15) is 13.8 Å². The molecule has 0 aromatic carbocycles. The van der Waals surface area contributed by atoms with E-state index in [1.807, 2.05) is 0 Å². The first-order valence-corrected chi connectivity index (χ1v) is 15.5. The lowest BCUT2D eigenvalue weighted by molar-refractivity contribution is -0.143. The summed E-state index contributed by atoms with van der Waals surface area (Å²) >= 11 is 3.08. The maximum Gasteiger partial charge on any atom is 0.407 e. The molecule has 0 aromatic heterocycles. The van der Waals surface area contributed by atoms with Gasteiger partial charge in [0.25, 0.3) is 0 Å². The van der Waals surface area contributed by atoms with Gasteiger partial charge in [-0.2, -0.15) is 23.5 Å². The van der Waals surface area contributed by atoms with Crippen molar-refractivity contribution in [2.24, 2.45) is 0 Å². The van der Waals surface area contributed by atoms with Crippen LogP contribution in [0.2, 0.25) is 0 Å². The second-order valence-corrected chi connectivity index (χ2v) is 11.1. The van der Waals surface area contributed by atoms with Gasteiger partial charge < -0.3 is 39.1 Å². The fourth-order valence-electron chi connectivity index (χ4n) is 2.47. The zero-order valence-corrected chi connectivity index (χ0v) is 26.6. The third-order valence-corrected chi connectivity index (χ3v) is 6.81. The molecule has 0 radical (unpaired) electrons. The van der Waals surface area contributed by atoms with E-state index in [1.165, 1.54) is 37.4 Å². The number of carbonyl (C=O) groups is 6. The third-order valence-electron chi connectivity index (χ3n) is 4.65. The van der Waals surface area contributed by atoms with Crippen molar-refractivity contribution in [2.45, 2.75) is 25.9 Å². The molecule has 0 fully saturated rings. The Hall–Kier alpha value is -3.92. The minimum atomic E-state index is -0.831. The first-order chi connectivity index (χ1) is 20.9. The van der Waals surface area contributed by atoms with E-state index in [-0.39, 0.29) is 50.8 Å². The van der Waals surface area contributed by atoms with E-state index in [9.17, 15) is 28.8 Å². The highest BCUT2D eigenvalue weighted by atomic mass is 32.2. The lowest BCUT2D eigenvalue weighted by Gasteiger charge is -2.18. The van der Waals surface area contributed by atoms with Crippen molar-refractivity contribution < 1.29 is 57.2 Å². The van der Waals surface area contributed by atoms with Crippen LogP contribution in [-0.2, 0) is 47.6 Å². The molecule has 0 aliphatic rings. The molecule has 0 spiro atoms. The Morgan fingerprint density at radius 1 is 0.591 bits per heavy atom. The second-order valence-electron chi connectivity index (χ2n) is 8.61. The summed E-state index contributed by atoms with van der Waals surface area (Å²) in [6.45, 7) is 15.7. The van der Waals surface area contributed by atoms with Crippen LogP contribution in [-0.4, -0.2) is 111 Å². The molecule has 0 aliphatic heterocycles. The van der Waals surface area contributed by atoms with Crippen molar-refractivity contribution in [3.63, 3.8) is 0 Å².